The molecule has 4 aliphatic rings. The van der Waals surface area contributed by atoms with E-state index in [1.807, 2.05) is 32.9 Å². The second-order valence-electron chi connectivity index (χ2n) is 12.8. The van der Waals surface area contributed by atoms with Gasteiger partial charge < -0.3 is 33.9 Å². The predicted octanol–water partition coefficient (Wildman–Crippen LogP) is 2.91. The molecule has 1 atom stereocenters. The van der Waals surface area contributed by atoms with Crippen LogP contribution in [0.2, 0.25) is 0 Å². The first-order chi connectivity index (χ1) is 21.5. The molecule has 1 fully saturated rings. The summed E-state index contributed by atoms with van der Waals surface area (Å²) in [5.74, 6) is 3.04. The predicted molar refractivity (Wildman–Crippen MR) is 162 cm³/mol. The number of ether oxygens (including phenoxy) is 4. The second kappa shape index (κ2) is 10.8. The third-order valence-electron chi connectivity index (χ3n) is 8.77. The summed E-state index contributed by atoms with van der Waals surface area (Å²) in [4.78, 5) is 45.9. The van der Waals surface area contributed by atoms with E-state index in [9.17, 15) is 19.5 Å². The molecule has 0 aliphatic carbocycles. The van der Waals surface area contributed by atoms with Gasteiger partial charge in [-0.2, -0.15) is 0 Å². The molecular weight excluding hydrogens is 580 g/mol. The normalized spacial score (nSPS) is 19.0. The molecule has 6 heterocycles. The van der Waals surface area contributed by atoms with Crippen LogP contribution in [0.4, 0.5) is 4.79 Å². The number of benzene rings is 1. The number of aliphatic hydroxyl groups is 1. The Balaban J connectivity index is 1.29. The average Bonchev–Trinajstić information content (AvgIpc) is 3.60. The number of aliphatic hydroxyl groups excluding tert-OH is 1. The van der Waals surface area contributed by atoms with Crippen molar-refractivity contribution in [1.82, 2.24) is 19.8 Å². The van der Waals surface area contributed by atoms with Crippen molar-refractivity contribution in [2.45, 2.75) is 77.5 Å². The largest absolute Gasteiger partial charge is 0.458 e. The number of alkyl carbamates (subject to hydrolysis) is 1. The van der Waals surface area contributed by atoms with Crippen molar-refractivity contribution in [3.63, 3.8) is 0 Å². The lowest BCUT2D eigenvalue weighted by molar-refractivity contribution is -0.157. The van der Waals surface area contributed by atoms with Crippen LogP contribution in [0.1, 0.15) is 67.5 Å². The number of hydrogen-bond donors (Lipinski definition) is 2. The first-order valence-electron chi connectivity index (χ1n) is 15.1. The highest BCUT2D eigenvalue weighted by molar-refractivity contribution is 5.91. The molecular formula is C33H34N4O8. The number of pyridine rings is 2. The summed E-state index contributed by atoms with van der Waals surface area (Å²) < 4.78 is 23.6. The maximum atomic E-state index is 13.8. The van der Waals surface area contributed by atoms with Crippen LogP contribution in [0.25, 0.3) is 22.3 Å². The molecule has 0 saturated carbocycles. The molecule has 0 spiro atoms. The van der Waals surface area contributed by atoms with Gasteiger partial charge in [0.1, 0.15) is 12.2 Å². The molecule has 1 saturated heterocycles. The summed E-state index contributed by atoms with van der Waals surface area (Å²) in [5, 5.41) is 14.7. The smallest absolute Gasteiger partial charge is 0.407 e. The van der Waals surface area contributed by atoms with E-state index in [0.29, 0.717) is 40.5 Å². The number of esters is 1. The van der Waals surface area contributed by atoms with Gasteiger partial charge in [0.2, 0.25) is 6.79 Å². The van der Waals surface area contributed by atoms with Crippen LogP contribution in [0, 0.1) is 12.3 Å². The Morgan fingerprint density at radius 3 is 2.58 bits per heavy atom. The van der Waals surface area contributed by atoms with Gasteiger partial charge in [-0.1, -0.05) is 0 Å². The molecule has 2 aromatic heterocycles. The molecule has 12 heteroatoms. The Bertz CT molecular complexity index is 1860. The minimum Gasteiger partial charge on any atom is -0.458 e. The van der Waals surface area contributed by atoms with Gasteiger partial charge >= 0.3 is 12.1 Å². The van der Waals surface area contributed by atoms with E-state index >= 15 is 0 Å². The van der Waals surface area contributed by atoms with E-state index in [2.05, 4.69) is 16.1 Å². The van der Waals surface area contributed by atoms with Crippen LogP contribution >= 0.6 is 0 Å². The zero-order valence-electron chi connectivity index (χ0n) is 25.4. The number of nitrogens with one attached hydrogen (secondary N) is 1. The Morgan fingerprint density at radius 1 is 1.13 bits per heavy atom. The van der Waals surface area contributed by atoms with Crippen LogP contribution in [0.3, 0.4) is 0 Å². The molecule has 3 aromatic rings. The minimum absolute atomic E-state index is 0.00153. The number of carbonyl (C=O) groups excluding carboxylic acids is 2. The molecule has 234 valence electrons. The van der Waals surface area contributed by atoms with Crippen molar-refractivity contribution >= 4 is 23.0 Å². The molecule has 0 radical (unpaired) electrons. The molecule has 2 N–H and O–H groups in total. The highest BCUT2D eigenvalue weighted by atomic mass is 16.7. The average molecular weight is 615 g/mol. The number of fused-ring (bicyclic) bond motifs is 6. The van der Waals surface area contributed by atoms with E-state index in [1.54, 1.807) is 4.57 Å². The van der Waals surface area contributed by atoms with Gasteiger partial charge in [-0.05, 0) is 50.8 Å². The van der Waals surface area contributed by atoms with Crippen molar-refractivity contribution < 1.29 is 33.6 Å². The standard InChI is InChI=1S/C33H34N4O8/c1-5-6-18-26-22(15-42-31(40)29(26)38)30(39)37-14-21-20(13-36-9-7-17(8-10-36)34-32(41)45-33(2,3)4)19-11-24-25(44-16-43-24)12-23(19)35-27(21)28(18)37/h1,11-12,17,29,38H,6-10,13-16H2,2-4H3,(H,34,41)/t29-/m0/s1. The van der Waals surface area contributed by atoms with E-state index < -0.39 is 23.8 Å². The maximum absolute atomic E-state index is 13.8. The monoisotopic (exact) mass is 614 g/mol. The molecule has 45 heavy (non-hydrogen) atoms. The number of carbonyl (C=O) groups is 2. The lowest BCUT2D eigenvalue weighted by Gasteiger charge is -2.33. The summed E-state index contributed by atoms with van der Waals surface area (Å²) >= 11 is 0. The number of hydrogen-bond acceptors (Lipinski definition) is 10. The molecule has 0 unspecified atom stereocenters. The summed E-state index contributed by atoms with van der Waals surface area (Å²) in [6.45, 7) is 7.69. The Labute approximate surface area is 259 Å². The van der Waals surface area contributed by atoms with Gasteiger partial charge in [0.05, 0.1) is 29.0 Å². The van der Waals surface area contributed by atoms with E-state index in [0.717, 1.165) is 42.4 Å². The number of nitrogens with zero attached hydrogens (tertiary/aromatic N) is 3. The van der Waals surface area contributed by atoms with Gasteiger partial charge in [0.25, 0.3) is 5.56 Å². The topological polar surface area (TPSA) is 141 Å². The van der Waals surface area contributed by atoms with Crippen molar-refractivity contribution in [3.8, 4) is 35.2 Å². The number of terminal acetylenes is 1. The quantitative estimate of drug-likeness (QED) is 0.260. The maximum Gasteiger partial charge on any atom is 0.407 e. The number of piperidine rings is 1. The van der Waals surface area contributed by atoms with Gasteiger partial charge in [0.15, 0.2) is 17.6 Å². The van der Waals surface area contributed by atoms with Gasteiger partial charge in [-0.25, -0.2) is 14.6 Å². The van der Waals surface area contributed by atoms with Crippen molar-refractivity contribution in [2.75, 3.05) is 19.9 Å². The zero-order valence-corrected chi connectivity index (χ0v) is 25.4. The fourth-order valence-electron chi connectivity index (χ4n) is 6.76. The Kier molecular flexibility index (Phi) is 6.98. The van der Waals surface area contributed by atoms with Crippen LogP contribution in [0.5, 0.6) is 11.5 Å². The SMILES string of the molecule is C#CCc1c2c(c(=O)n3c1-c1nc4cc5c(cc4c(CN4CCC(NC(=O)OC(C)(C)C)CC4)c1C3)OCO5)COC(=O)[C@H]2O. The zero-order chi connectivity index (χ0) is 31.6. The molecule has 4 aliphatic heterocycles. The van der Waals surface area contributed by atoms with Gasteiger partial charge in [-0.3, -0.25) is 9.69 Å². The van der Waals surface area contributed by atoms with Crippen LogP contribution < -0.4 is 20.3 Å². The lowest BCUT2D eigenvalue weighted by atomic mass is 9.91. The lowest BCUT2D eigenvalue weighted by Crippen LogP contribution is -2.45. The number of amides is 1. The third-order valence-corrected chi connectivity index (χ3v) is 8.77. The molecule has 12 nitrogen and oxygen atoms in total. The van der Waals surface area contributed by atoms with Crippen LogP contribution in [-0.2, 0) is 40.4 Å². The second-order valence-corrected chi connectivity index (χ2v) is 12.8. The number of rotatable bonds is 4. The van der Waals surface area contributed by atoms with E-state index in [1.165, 1.54) is 0 Å². The number of cyclic esters (lactones) is 1. The molecule has 7 rings (SSSR count). The highest BCUT2D eigenvalue weighted by Crippen LogP contribution is 2.44. The molecule has 1 aromatic carbocycles. The molecule has 0 bridgehead atoms. The Hall–Kier alpha value is -4.60. The van der Waals surface area contributed by atoms with Crippen molar-refractivity contribution in [2.24, 2.45) is 0 Å². The minimum atomic E-state index is -1.61. The first-order valence-corrected chi connectivity index (χ1v) is 15.1. The number of aromatic nitrogens is 2. The van der Waals surface area contributed by atoms with Crippen LogP contribution in [-0.4, -0.2) is 63.1 Å². The highest BCUT2D eigenvalue weighted by Gasteiger charge is 2.39. The van der Waals surface area contributed by atoms with Crippen molar-refractivity contribution in [3.05, 3.63) is 50.3 Å². The van der Waals surface area contributed by atoms with Gasteiger partial charge in [-0.15, -0.1) is 12.3 Å². The van der Waals surface area contributed by atoms with E-state index in [-0.39, 0.29) is 49.1 Å². The van der Waals surface area contributed by atoms with Gasteiger partial charge in [0, 0.05) is 54.7 Å². The Morgan fingerprint density at radius 2 is 1.87 bits per heavy atom. The first kappa shape index (κ1) is 29.1. The fourth-order valence-corrected chi connectivity index (χ4v) is 6.76. The molecule has 1 amide bonds. The third kappa shape index (κ3) is 5.06. The van der Waals surface area contributed by atoms with E-state index in [4.69, 9.17) is 30.4 Å². The summed E-state index contributed by atoms with van der Waals surface area (Å²) in [5.41, 5.74) is 3.71. The van der Waals surface area contributed by atoms with Crippen molar-refractivity contribution in [1.29, 1.82) is 0 Å². The number of likely N-dealkylation sites (tertiary alicyclic amines) is 1. The summed E-state index contributed by atoms with van der Waals surface area (Å²) in [6.07, 6.45) is 5.35. The fraction of sp³-hybridized carbons (Fsp3) is 0.455. The van der Waals surface area contributed by atoms with Crippen LogP contribution in [0.15, 0.2) is 16.9 Å². The summed E-state index contributed by atoms with van der Waals surface area (Å²) in [7, 11) is 0. The summed E-state index contributed by atoms with van der Waals surface area (Å²) in [6, 6.07) is 3.78.